The molecule has 1 atom stereocenters. The Hall–Kier alpha value is -1.06. The second-order valence-corrected chi connectivity index (χ2v) is 4.46. The highest BCUT2D eigenvalue weighted by Crippen LogP contribution is 2.32. The molecule has 4 heteroatoms. The summed E-state index contributed by atoms with van der Waals surface area (Å²) < 4.78 is 4.64. The summed E-state index contributed by atoms with van der Waals surface area (Å²) in [6, 6.07) is -0.513. The zero-order chi connectivity index (χ0) is 11.4. The standard InChI is InChI=1S/C11H19NO3/c1-7(2)10(11(14)15-3)12-9(13)6-8-4-5-8/h7-8,10H,4-6H2,1-3H3,(H,12,13). The average molecular weight is 213 g/mol. The maximum absolute atomic E-state index is 11.5. The molecule has 1 N–H and O–H groups in total. The van der Waals surface area contributed by atoms with Crippen LogP contribution >= 0.6 is 0 Å². The van der Waals surface area contributed by atoms with E-state index in [0.717, 1.165) is 12.8 Å². The smallest absolute Gasteiger partial charge is 0.328 e. The molecule has 1 aliphatic carbocycles. The molecule has 1 amide bonds. The molecule has 0 aromatic rings. The van der Waals surface area contributed by atoms with Crippen LogP contribution in [0.15, 0.2) is 0 Å². The third kappa shape index (κ3) is 3.90. The predicted molar refractivity (Wildman–Crippen MR) is 56.1 cm³/mol. The fraction of sp³-hybridized carbons (Fsp3) is 0.818. The molecule has 4 nitrogen and oxygen atoms in total. The van der Waals surface area contributed by atoms with E-state index >= 15 is 0 Å². The number of methoxy groups -OCH3 is 1. The minimum absolute atomic E-state index is 0.0402. The lowest BCUT2D eigenvalue weighted by molar-refractivity contribution is -0.146. The van der Waals surface area contributed by atoms with Gasteiger partial charge in [0, 0.05) is 6.42 Å². The van der Waals surface area contributed by atoms with Gasteiger partial charge in [-0.1, -0.05) is 13.8 Å². The Morgan fingerprint density at radius 2 is 2.00 bits per heavy atom. The number of carbonyl (C=O) groups excluding carboxylic acids is 2. The van der Waals surface area contributed by atoms with Crippen molar-refractivity contribution in [3.8, 4) is 0 Å². The van der Waals surface area contributed by atoms with Crippen LogP contribution in [0.25, 0.3) is 0 Å². The van der Waals surface area contributed by atoms with Crippen LogP contribution in [0.4, 0.5) is 0 Å². The largest absolute Gasteiger partial charge is 0.467 e. The molecule has 0 aromatic carbocycles. The highest BCUT2D eigenvalue weighted by atomic mass is 16.5. The second-order valence-electron chi connectivity index (χ2n) is 4.46. The van der Waals surface area contributed by atoms with E-state index in [1.807, 2.05) is 13.8 Å². The molecule has 0 aliphatic heterocycles. The molecule has 15 heavy (non-hydrogen) atoms. The average Bonchev–Trinajstić information content (AvgIpc) is 2.96. The number of hydrogen-bond donors (Lipinski definition) is 1. The minimum Gasteiger partial charge on any atom is -0.467 e. The Morgan fingerprint density at radius 1 is 1.40 bits per heavy atom. The summed E-state index contributed by atoms with van der Waals surface area (Å²) in [5.74, 6) is 0.187. The third-order valence-corrected chi connectivity index (χ3v) is 2.61. The molecular weight excluding hydrogens is 194 g/mol. The van der Waals surface area contributed by atoms with Crippen molar-refractivity contribution in [3.63, 3.8) is 0 Å². The molecule has 0 aromatic heterocycles. The minimum atomic E-state index is -0.513. The van der Waals surface area contributed by atoms with E-state index in [2.05, 4.69) is 10.1 Å². The van der Waals surface area contributed by atoms with E-state index in [4.69, 9.17) is 0 Å². The van der Waals surface area contributed by atoms with Gasteiger partial charge >= 0.3 is 5.97 Å². The van der Waals surface area contributed by atoms with E-state index < -0.39 is 6.04 Å². The van der Waals surface area contributed by atoms with Crippen molar-refractivity contribution >= 4 is 11.9 Å². The molecule has 1 fully saturated rings. The van der Waals surface area contributed by atoms with Gasteiger partial charge in [-0.3, -0.25) is 4.79 Å². The molecular formula is C11H19NO3. The van der Waals surface area contributed by atoms with Crippen LogP contribution in [0, 0.1) is 11.8 Å². The summed E-state index contributed by atoms with van der Waals surface area (Å²) in [7, 11) is 1.34. The maximum Gasteiger partial charge on any atom is 0.328 e. The summed E-state index contributed by atoms with van der Waals surface area (Å²) in [4.78, 5) is 22.9. The van der Waals surface area contributed by atoms with Crippen molar-refractivity contribution in [2.75, 3.05) is 7.11 Å². The summed E-state index contributed by atoms with van der Waals surface area (Å²) in [6.07, 6.45) is 2.82. The van der Waals surface area contributed by atoms with Crippen LogP contribution in [0.1, 0.15) is 33.1 Å². The van der Waals surface area contributed by atoms with E-state index in [0.29, 0.717) is 12.3 Å². The maximum atomic E-state index is 11.5. The Labute approximate surface area is 90.4 Å². The lowest BCUT2D eigenvalue weighted by Crippen LogP contribution is -2.45. The fourth-order valence-electron chi connectivity index (χ4n) is 1.44. The van der Waals surface area contributed by atoms with E-state index in [1.54, 1.807) is 0 Å². The number of carbonyl (C=O) groups is 2. The van der Waals surface area contributed by atoms with E-state index in [9.17, 15) is 9.59 Å². The molecule has 0 radical (unpaired) electrons. The molecule has 1 unspecified atom stereocenters. The SMILES string of the molecule is COC(=O)C(NC(=O)CC1CC1)C(C)C. The van der Waals surface area contributed by atoms with Crippen molar-refractivity contribution in [1.29, 1.82) is 0 Å². The number of amides is 1. The zero-order valence-corrected chi connectivity index (χ0v) is 9.58. The van der Waals surface area contributed by atoms with Gasteiger partial charge in [-0.2, -0.15) is 0 Å². The van der Waals surface area contributed by atoms with Gasteiger partial charge in [0.15, 0.2) is 0 Å². The van der Waals surface area contributed by atoms with Crippen molar-refractivity contribution in [2.24, 2.45) is 11.8 Å². The number of nitrogens with one attached hydrogen (secondary N) is 1. The van der Waals surface area contributed by atoms with Crippen LogP contribution in [-0.2, 0) is 14.3 Å². The fourth-order valence-corrected chi connectivity index (χ4v) is 1.44. The molecule has 1 rings (SSSR count). The Morgan fingerprint density at radius 3 is 2.40 bits per heavy atom. The van der Waals surface area contributed by atoms with Crippen LogP contribution in [-0.4, -0.2) is 25.0 Å². The number of esters is 1. The zero-order valence-electron chi connectivity index (χ0n) is 9.58. The monoisotopic (exact) mass is 213 g/mol. The summed E-state index contributed by atoms with van der Waals surface area (Å²) >= 11 is 0. The predicted octanol–water partition coefficient (Wildman–Crippen LogP) is 1.10. The van der Waals surface area contributed by atoms with Crippen LogP contribution in [0.2, 0.25) is 0 Å². The first-order chi connectivity index (χ1) is 7.04. The van der Waals surface area contributed by atoms with Crippen molar-refractivity contribution in [2.45, 2.75) is 39.2 Å². The summed E-state index contributed by atoms with van der Waals surface area (Å²) in [6.45, 7) is 3.78. The lowest BCUT2D eigenvalue weighted by atomic mass is 10.0. The molecule has 1 aliphatic rings. The van der Waals surface area contributed by atoms with Gasteiger partial charge in [0.25, 0.3) is 0 Å². The highest BCUT2D eigenvalue weighted by Gasteiger charge is 2.28. The van der Waals surface area contributed by atoms with Gasteiger partial charge in [0.2, 0.25) is 5.91 Å². The first-order valence-corrected chi connectivity index (χ1v) is 5.41. The summed E-state index contributed by atoms with van der Waals surface area (Å²) in [5.41, 5.74) is 0. The molecule has 0 heterocycles. The topological polar surface area (TPSA) is 55.4 Å². The van der Waals surface area contributed by atoms with E-state index in [-0.39, 0.29) is 17.8 Å². The third-order valence-electron chi connectivity index (χ3n) is 2.61. The number of rotatable bonds is 5. The van der Waals surface area contributed by atoms with Gasteiger partial charge in [-0.25, -0.2) is 4.79 Å². The molecule has 0 saturated heterocycles. The first kappa shape index (κ1) is 12.0. The van der Waals surface area contributed by atoms with Gasteiger partial charge in [0.05, 0.1) is 7.11 Å². The molecule has 0 bridgehead atoms. The molecule has 0 spiro atoms. The van der Waals surface area contributed by atoms with Gasteiger partial charge in [-0.05, 0) is 24.7 Å². The van der Waals surface area contributed by atoms with Crippen LogP contribution in [0.5, 0.6) is 0 Å². The van der Waals surface area contributed by atoms with Crippen molar-refractivity contribution < 1.29 is 14.3 Å². The lowest BCUT2D eigenvalue weighted by Gasteiger charge is -2.19. The van der Waals surface area contributed by atoms with Gasteiger partial charge in [0.1, 0.15) is 6.04 Å². The van der Waals surface area contributed by atoms with E-state index in [1.165, 1.54) is 7.11 Å². The second kappa shape index (κ2) is 5.14. The Balaban J connectivity index is 2.41. The quantitative estimate of drug-likeness (QED) is 0.696. The first-order valence-electron chi connectivity index (χ1n) is 5.41. The van der Waals surface area contributed by atoms with Crippen molar-refractivity contribution in [1.82, 2.24) is 5.32 Å². The van der Waals surface area contributed by atoms with Crippen LogP contribution in [0.3, 0.4) is 0 Å². The molecule has 1 saturated carbocycles. The van der Waals surface area contributed by atoms with Crippen LogP contribution < -0.4 is 5.32 Å². The highest BCUT2D eigenvalue weighted by molar-refractivity contribution is 5.84. The van der Waals surface area contributed by atoms with Gasteiger partial charge < -0.3 is 10.1 Å². The summed E-state index contributed by atoms with van der Waals surface area (Å²) in [5, 5.41) is 2.72. The molecule has 86 valence electrons. The number of ether oxygens (including phenoxy) is 1. The normalized spacial score (nSPS) is 17.3. The Bertz CT molecular complexity index is 246. The van der Waals surface area contributed by atoms with Crippen molar-refractivity contribution in [3.05, 3.63) is 0 Å². The number of hydrogen-bond acceptors (Lipinski definition) is 3. The Kier molecular flexibility index (Phi) is 4.12. The van der Waals surface area contributed by atoms with Gasteiger partial charge in [-0.15, -0.1) is 0 Å².